The number of benzene rings is 1. The summed E-state index contributed by atoms with van der Waals surface area (Å²) in [5.41, 5.74) is 1.64. The molecule has 0 unspecified atom stereocenters. The zero-order valence-corrected chi connectivity index (χ0v) is 16.2. The normalized spacial score (nSPS) is 14.3. The average Bonchev–Trinajstić information content (AvgIpc) is 2.44. The van der Waals surface area contributed by atoms with E-state index in [0.29, 0.717) is 33.7 Å². The Balaban J connectivity index is 0.00000220. The van der Waals surface area contributed by atoms with Crippen LogP contribution in [-0.4, -0.2) is 24.1 Å². The van der Waals surface area contributed by atoms with E-state index in [4.69, 9.17) is 16.3 Å². The first-order valence-corrected chi connectivity index (χ1v) is 7.65. The number of nitrogens with zero attached hydrogens (tertiary/aromatic N) is 1. The number of thioether (sulfide) groups is 1. The second-order valence-electron chi connectivity index (χ2n) is 4.18. The van der Waals surface area contributed by atoms with Gasteiger partial charge in [0.15, 0.2) is 0 Å². The first-order chi connectivity index (χ1) is 9.54. The minimum atomic E-state index is -0.364. The van der Waals surface area contributed by atoms with Gasteiger partial charge in [-0.3, -0.25) is 0 Å². The number of allylic oxidation sites excluding steroid dienone is 3. The van der Waals surface area contributed by atoms with Crippen LogP contribution in [-0.2, 0) is 32.7 Å². The number of likely N-dealkylation sites (N-methyl/N-ethyl adjacent to an activating group) is 1. The van der Waals surface area contributed by atoms with Gasteiger partial charge in [-0.1, -0.05) is 17.8 Å². The molecular weight excluding hydrogens is 386 g/mol. The Kier molecular flexibility index (Phi) is 7.48. The molecule has 1 radical (unpaired) electrons. The molecule has 0 atom stereocenters. The molecule has 0 aromatic heterocycles. The third kappa shape index (κ3) is 4.35. The van der Waals surface area contributed by atoms with Gasteiger partial charge in [0.05, 0.1) is 5.82 Å². The Morgan fingerprint density at radius 3 is 2.81 bits per heavy atom. The van der Waals surface area contributed by atoms with Crippen molar-refractivity contribution in [2.24, 2.45) is 0 Å². The number of hydrogen-bond donors (Lipinski definition) is 0. The molecule has 0 fully saturated rings. The van der Waals surface area contributed by atoms with Crippen molar-refractivity contribution in [1.29, 1.82) is 0 Å². The first-order valence-electron chi connectivity index (χ1n) is 5.88. The third-order valence-electron chi connectivity index (χ3n) is 2.89. The maximum Gasteiger partial charge on any atom is 0.133 e. The molecule has 21 heavy (non-hydrogen) atoms. The van der Waals surface area contributed by atoms with E-state index in [0.717, 1.165) is 0 Å². The smallest absolute Gasteiger partial charge is 0.133 e. The molecule has 2 nitrogen and oxygen atoms in total. The molecule has 109 valence electrons. The van der Waals surface area contributed by atoms with Crippen LogP contribution in [0.5, 0.6) is 5.75 Å². The fraction of sp³-hybridized carbons (Fsp3) is 0.200. The molecule has 6 heteroatoms. The van der Waals surface area contributed by atoms with Gasteiger partial charge in [0.25, 0.3) is 0 Å². The van der Waals surface area contributed by atoms with Crippen molar-refractivity contribution >= 4 is 29.1 Å². The molecule has 0 saturated carbocycles. The summed E-state index contributed by atoms with van der Waals surface area (Å²) in [4.78, 5) is 1.71. The van der Waals surface area contributed by atoms with E-state index in [1.165, 1.54) is 17.8 Å². The van der Waals surface area contributed by atoms with E-state index in [9.17, 15) is 4.39 Å². The number of hydrogen-bond acceptors (Lipinski definition) is 3. The Labute approximate surface area is 158 Å². The van der Waals surface area contributed by atoms with Crippen molar-refractivity contribution in [3.63, 3.8) is 0 Å². The van der Waals surface area contributed by atoms with E-state index in [1.54, 1.807) is 30.2 Å². The van der Waals surface area contributed by atoms with Crippen molar-refractivity contribution in [3.8, 4) is 5.75 Å². The monoisotopic (exact) mass is 399 g/mol. The van der Waals surface area contributed by atoms with E-state index >= 15 is 0 Å². The standard InChI is InChI=1S/C15H14ClFNOS.Y/c1-10-13(16)6-7-15(18(10)2)12-5-4-11(8-14(12)17)19-9-20-3;/h4-6,8H,1,9H2,2-3H3;/q-1;. The van der Waals surface area contributed by atoms with Crippen LogP contribution in [0.3, 0.4) is 0 Å². The van der Waals surface area contributed by atoms with Gasteiger partial charge in [0.1, 0.15) is 11.7 Å². The van der Waals surface area contributed by atoms with E-state index in [1.807, 2.05) is 6.26 Å². The van der Waals surface area contributed by atoms with Crippen LogP contribution < -0.4 is 4.74 Å². The van der Waals surface area contributed by atoms with Crippen LogP contribution in [0.1, 0.15) is 5.56 Å². The van der Waals surface area contributed by atoms with Crippen LogP contribution in [0.4, 0.5) is 4.39 Å². The van der Waals surface area contributed by atoms with Crippen LogP contribution in [0.2, 0.25) is 0 Å². The van der Waals surface area contributed by atoms with E-state index < -0.39 is 0 Å². The van der Waals surface area contributed by atoms with Crippen LogP contribution in [0, 0.1) is 11.9 Å². The van der Waals surface area contributed by atoms with Gasteiger partial charge >= 0.3 is 0 Å². The number of halogens is 2. The molecule has 1 aromatic rings. The van der Waals surface area contributed by atoms with Crippen LogP contribution in [0.25, 0.3) is 5.70 Å². The van der Waals surface area contributed by atoms with E-state index in [2.05, 4.69) is 12.7 Å². The Hall–Kier alpha value is -0.286. The molecular formula is C15H14ClFNOSY-. The summed E-state index contributed by atoms with van der Waals surface area (Å²) in [6.45, 7) is 3.85. The van der Waals surface area contributed by atoms with Crippen LogP contribution >= 0.6 is 23.4 Å². The quantitative estimate of drug-likeness (QED) is 0.555. The Morgan fingerprint density at radius 2 is 2.19 bits per heavy atom. The third-order valence-corrected chi connectivity index (χ3v) is 3.57. The maximum absolute atomic E-state index is 14.2. The molecule has 0 bridgehead atoms. The SMILES string of the molecule is C=C1C(Cl)=C[C-]=C(c2ccc(OCSC)cc2F)N1C.[Y]. The zero-order valence-electron chi connectivity index (χ0n) is 11.8. The van der Waals surface area contributed by atoms with Gasteiger partial charge in [0.2, 0.25) is 0 Å². The van der Waals surface area contributed by atoms with Crippen molar-refractivity contribution in [1.82, 2.24) is 4.90 Å². The molecule has 1 aromatic carbocycles. The van der Waals surface area contributed by atoms with Gasteiger partial charge in [-0.05, 0) is 23.1 Å². The van der Waals surface area contributed by atoms with Crippen molar-refractivity contribution in [2.75, 3.05) is 19.2 Å². The van der Waals surface area contributed by atoms with Gasteiger partial charge in [-0.25, -0.2) is 4.39 Å². The molecule has 1 heterocycles. The summed E-state index contributed by atoms with van der Waals surface area (Å²) in [7, 11) is 1.78. The molecule has 0 spiro atoms. The molecule has 0 N–H and O–H groups in total. The largest absolute Gasteiger partial charge is 0.483 e. The Morgan fingerprint density at radius 1 is 1.48 bits per heavy atom. The van der Waals surface area contributed by atoms with Gasteiger partial charge in [-0.2, -0.15) is 23.8 Å². The Bertz CT molecular complexity index is 603. The summed E-state index contributed by atoms with van der Waals surface area (Å²) < 4.78 is 19.6. The minimum Gasteiger partial charge on any atom is -0.483 e. The molecule has 2 rings (SSSR count). The maximum atomic E-state index is 14.2. The van der Waals surface area contributed by atoms with Crippen LogP contribution in [0.15, 0.2) is 41.6 Å². The van der Waals surface area contributed by atoms with Gasteiger partial charge in [0, 0.05) is 45.8 Å². The first kappa shape index (κ1) is 18.8. The predicted molar refractivity (Wildman–Crippen MR) is 82.9 cm³/mol. The molecule has 0 amide bonds. The van der Waals surface area contributed by atoms with Gasteiger partial charge < -0.3 is 9.64 Å². The molecule has 0 aliphatic carbocycles. The number of ether oxygens (including phenoxy) is 1. The summed E-state index contributed by atoms with van der Waals surface area (Å²) in [6.07, 6.45) is 6.49. The van der Waals surface area contributed by atoms with E-state index in [-0.39, 0.29) is 38.5 Å². The fourth-order valence-electron chi connectivity index (χ4n) is 1.77. The minimum absolute atomic E-state index is 0. The second-order valence-corrected chi connectivity index (χ2v) is 5.40. The molecule has 1 aliphatic heterocycles. The van der Waals surface area contributed by atoms with Crippen molar-refractivity contribution in [3.05, 3.63) is 59.0 Å². The average molecular weight is 400 g/mol. The van der Waals surface area contributed by atoms with Gasteiger partial charge in [-0.15, -0.1) is 17.8 Å². The summed E-state index contributed by atoms with van der Waals surface area (Å²) in [5.74, 6) is 0.632. The number of rotatable bonds is 4. The van der Waals surface area contributed by atoms with Crippen molar-refractivity contribution < 1.29 is 41.8 Å². The fourth-order valence-corrected chi connectivity index (χ4v) is 2.21. The summed E-state index contributed by atoms with van der Waals surface area (Å²) in [5, 5.41) is 0.497. The summed E-state index contributed by atoms with van der Waals surface area (Å²) >= 11 is 7.50. The zero-order chi connectivity index (χ0) is 14.7. The topological polar surface area (TPSA) is 12.5 Å². The molecule has 1 aliphatic rings. The van der Waals surface area contributed by atoms with Crippen molar-refractivity contribution in [2.45, 2.75) is 0 Å². The molecule has 0 saturated heterocycles. The summed E-state index contributed by atoms with van der Waals surface area (Å²) in [6, 6.07) is 4.78. The second kappa shape index (κ2) is 8.37. The predicted octanol–water partition coefficient (Wildman–Crippen LogP) is 4.25.